The van der Waals surface area contributed by atoms with Crippen molar-refractivity contribution in [3.05, 3.63) is 12.2 Å². The van der Waals surface area contributed by atoms with Crippen molar-refractivity contribution in [3.63, 3.8) is 0 Å². The predicted molar refractivity (Wildman–Crippen MR) is 70.2 cm³/mol. The third-order valence-electron chi connectivity index (χ3n) is 6.05. The van der Waals surface area contributed by atoms with E-state index in [0.717, 1.165) is 26.6 Å². The molecule has 92 valence electrons. The fraction of sp³-hybridized carbons (Fsp3) is 0.867. The van der Waals surface area contributed by atoms with Crippen molar-refractivity contribution in [2.75, 3.05) is 7.11 Å². The molecule has 4 saturated carbocycles. The standard InChI is InChI=1S/C15H22O.Pb/c1-3-4-14(16-2)15-12-6-10-5-11(8-12)9-13(15)7-10;/h3-4,10-14H,1,5-9H2,2H3;. The first-order valence-corrected chi connectivity index (χ1v) is 12.0. The molecule has 0 aromatic rings. The summed E-state index contributed by atoms with van der Waals surface area (Å²) in [7, 11) is 1.95. The van der Waals surface area contributed by atoms with Crippen LogP contribution in [0.2, 0.25) is 6.95 Å². The van der Waals surface area contributed by atoms with Crippen molar-refractivity contribution < 1.29 is 4.74 Å². The molecule has 0 amide bonds. The van der Waals surface area contributed by atoms with Gasteiger partial charge in [-0.25, -0.2) is 0 Å². The SMILES string of the molecule is COC1C=C[CH2][Pb][C]12C1CC3CC(C1)CC2C3. The van der Waals surface area contributed by atoms with E-state index < -0.39 is 24.2 Å². The molecule has 2 heteroatoms. The van der Waals surface area contributed by atoms with Crippen LogP contribution in [-0.4, -0.2) is 37.4 Å². The second-order valence-electron chi connectivity index (χ2n) is 6.70. The molecule has 1 spiro atoms. The molecule has 1 heterocycles. The van der Waals surface area contributed by atoms with Gasteiger partial charge in [0.25, 0.3) is 0 Å². The summed E-state index contributed by atoms with van der Waals surface area (Å²) >= 11 is -0.519. The Labute approximate surface area is 117 Å². The average molecular weight is 426 g/mol. The van der Waals surface area contributed by atoms with Gasteiger partial charge in [-0.3, -0.25) is 0 Å². The normalized spacial score (nSPS) is 55.7. The molecule has 0 aromatic heterocycles. The molecule has 0 saturated heterocycles. The molecule has 5 rings (SSSR count). The summed E-state index contributed by atoms with van der Waals surface area (Å²) < 4.78 is 8.15. The Balaban J connectivity index is 1.74. The zero-order valence-electron chi connectivity index (χ0n) is 10.7. The van der Waals surface area contributed by atoms with E-state index >= 15 is 0 Å². The molecule has 17 heavy (non-hydrogen) atoms. The van der Waals surface area contributed by atoms with Crippen LogP contribution in [0, 0.1) is 23.7 Å². The van der Waals surface area contributed by atoms with Crippen LogP contribution in [0.4, 0.5) is 0 Å². The minimum absolute atomic E-state index is 0.509. The summed E-state index contributed by atoms with van der Waals surface area (Å²) in [4.78, 5) is 0. The quantitative estimate of drug-likeness (QED) is 0.463. The van der Waals surface area contributed by atoms with Gasteiger partial charge in [-0.05, 0) is 0 Å². The molecule has 4 aliphatic carbocycles. The fourth-order valence-corrected chi connectivity index (χ4v) is 13.7. The van der Waals surface area contributed by atoms with E-state index in [0.29, 0.717) is 6.10 Å². The van der Waals surface area contributed by atoms with Gasteiger partial charge in [0.1, 0.15) is 0 Å². The second kappa shape index (κ2) is 4.06. The molecule has 4 bridgehead atoms. The number of allylic oxidation sites excluding steroid dienone is 1. The Morgan fingerprint density at radius 2 is 1.71 bits per heavy atom. The third-order valence-corrected chi connectivity index (χ3v) is 14.4. The second-order valence-corrected chi connectivity index (χ2v) is 13.0. The molecule has 2 radical (unpaired) electrons. The van der Waals surface area contributed by atoms with Crippen LogP contribution in [0.3, 0.4) is 0 Å². The zero-order valence-corrected chi connectivity index (χ0v) is 14.6. The maximum absolute atomic E-state index is 5.93. The first kappa shape index (κ1) is 11.4. The Hall–Kier alpha value is 0.622. The van der Waals surface area contributed by atoms with Gasteiger partial charge in [0, 0.05) is 0 Å². The van der Waals surface area contributed by atoms with Gasteiger partial charge in [-0.15, -0.1) is 0 Å². The Morgan fingerprint density at radius 1 is 1.06 bits per heavy atom. The molecular formula is C15H22OPb. The van der Waals surface area contributed by atoms with E-state index in [4.69, 9.17) is 4.74 Å². The van der Waals surface area contributed by atoms with Gasteiger partial charge in [0.2, 0.25) is 0 Å². The first-order valence-electron chi connectivity index (χ1n) is 7.27. The van der Waals surface area contributed by atoms with Gasteiger partial charge < -0.3 is 0 Å². The first-order chi connectivity index (χ1) is 8.33. The van der Waals surface area contributed by atoms with Crippen molar-refractivity contribution in [2.45, 2.75) is 45.2 Å². The minimum atomic E-state index is -0.519. The molecule has 1 unspecified atom stereocenters. The van der Waals surface area contributed by atoms with Crippen molar-refractivity contribution in [1.29, 1.82) is 0 Å². The van der Waals surface area contributed by atoms with Crippen LogP contribution in [-0.2, 0) is 4.74 Å². The van der Waals surface area contributed by atoms with E-state index in [9.17, 15) is 0 Å². The molecule has 1 aliphatic heterocycles. The van der Waals surface area contributed by atoms with Crippen LogP contribution in [0.25, 0.3) is 0 Å². The van der Waals surface area contributed by atoms with Gasteiger partial charge in [0.15, 0.2) is 0 Å². The van der Waals surface area contributed by atoms with Gasteiger partial charge in [-0.1, -0.05) is 0 Å². The van der Waals surface area contributed by atoms with Crippen LogP contribution in [0.5, 0.6) is 0 Å². The predicted octanol–water partition coefficient (Wildman–Crippen LogP) is 3.31. The molecule has 0 N–H and O–H groups in total. The van der Waals surface area contributed by atoms with Crippen LogP contribution in [0.1, 0.15) is 32.1 Å². The Bertz CT molecular complexity index is 321. The summed E-state index contributed by atoms with van der Waals surface area (Å²) in [6, 6.07) is 0. The third kappa shape index (κ3) is 1.50. The monoisotopic (exact) mass is 426 g/mol. The summed E-state index contributed by atoms with van der Waals surface area (Å²) in [6.45, 7) is 0. The van der Waals surface area contributed by atoms with E-state index in [2.05, 4.69) is 12.2 Å². The number of rotatable bonds is 1. The van der Waals surface area contributed by atoms with E-state index in [1.165, 1.54) is 3.98 Å². The van der Waals surface area contributed by atoms with Gasteiger partial charge in [0.05, 0.1) is 0 Å². The Kier molecular flexibility index (Phi) is 2.73. The summed E-state index contributed by atoms with van der Waals surface area (Å²) in [5, 5.41) is 0. The van der Waals surface area contributed by atoms with Crippen LogP contribution >= 0.6 is 0 Å². The maximum atomic E-state index is 5.93. The number of hydrogen-bond donors (Lipinski definition) is 0. The zero-order chi connectivity index (χ0) is 11.5. The van der Waals surface area contributed by atoms with Crippen molar-refractivity contribution >= 4 is 24.2 Å². The van der Waals surface area contributed by atoms with Crippen molar-refractivity contribution in [1.82, 2.24) is 0 Å². The van der Waals surface area contributed by atoms with E-state index in [1.54, 1.807) is 32.1 Å². The van der Waals surface area contributed by atoms with Gasteiger partial charge in [-0.2, -0.15) is 0 Å². The average Bonchev–Trinajstić information content (AvgIpc) is 2.35. The fourth-order valence-electron chi connectivity index (χ4n) is 5.68. The Morgan fingerprint density at radius 3 is 2.29 bits per heavy atom. The van der Waals surface area contributed by atoms with E-state index in [-0.39, 0.29) is 0 Å². The number of ether oxygens (including phenoxy) is 1. The van der Waals surface area contributed by atoms with Crippen LogP contribution < -0.4 is 0 Å². The molecule has 1 atom stereocenters. The number of hydrogen-bond acceptors (Lipinski definition) is 1. The van der Waals surface area contributed by atoms with Gasteiger partial charge >= 0.3 is 117 Å². The summed E-state index contributed by atoms with van der Waals surface area (Å²) in [6.07, 6.45) is 13.2. The van der Waals surface area contributed by atoms with Crippen molar-refractivity contribution in [2.24, 2.45) is 23.7 Å². The van der Waals surface area contributed by atoms with Crippen LogP contribution in [0.15, 0.2) is 12.2 Å². The summed E-state index contributed by atoms with van der Waals surface area (Å²) in [5.41, 5.74) is 0. The number of methoxy groups -OCH3 is 1. The molecule has 4 fully saturated rings. The topological polar surface area (TPSA) is 9.23 Å². The van der Waals surface area contributed by atoms with Crippen molar-refractivity contribution in [3.8, 4) is 0 Å². The summed E-state index contributed by atoms with van der Waals surface area (Å²) in [5.74, 6) is 4.35. The molecule has 1 nitrogen and oxygen atoms in total. The molecular weight excluding hydrogens is 403 g/mol. The molecule has 0 aromatic carbocycles. The van der Waals surface area contributed by atoms with E-state index in [1.807, 2.05) is 7.11 Å². The molecule has 5 aliphatic rings.